The van der Waals surface area contributed by atoms with Gasteiger partial charge in [-0.05, 0) is 38.5 Å². The first-order valence-electron chi connectivity index (χ1n) is 6.47. The molecule has 0 aromatic heterocycles. The van der Waals surface area contributed by atoms with Crippen molar-refractivity contribution in [3.05, 3.63) is 35.5 Å². The van der Waals surface area contributed by atoms with Gasteiger partial charge in [0.1, 0.15) is 0 Å². The van der Waals surface area contributed by atoms with Crippen LogP contribution in [0.4, 0.5) is 0 Å². The molecule has 0 saturated carbocycles. The topological polar surface area (TPSA) is 0 Å². The van der Waals surface area contributed by atoms with E-state index in [0.29, 0.717) is 5.92 Å². The molecule has 0 bridgehead atoms. The van der Waals surface area contributed by atoms with Crippen molar-refractivity contribution in [3.8, 4) is 0 Å². The van der Waals surface area contributed by atoms with Gasteiger partial charge in [0.15, 0.2) is 0 Å². The van der Waals surface area contributed by atoms with Crippen LogP contribution in [0.25, 0.3) is 0 Å². The molecule has 0 N–H and O–H groups in total. The van der Waals surface area contributed by atoms with E-state index in [0.717, 1.165) is 14.8 Å². The van der Waals surface area contributed by atoms with Gasteiger partial charge in [-0.1, -0.05) is 74.1 Å². The van der Waals surface area contributed by atoms with Gasteiger partial charge in [0, 0.05) is 14.3 Å². The van der Waals surface area contributed by atoms with Gasteiger partial charge in [0.25, 0.3) is 0 Å². The zero-order valence-electron chi connectivity index (χ0n) is 10.2. The summed E-state index contributed by atoms with van der Waals surface area (Å²) in [7, 11) is 0. The molecular weight excluding hydrogens is 434 g/mol. The molecule has 0 radical (unpaired) electrons. The lowest BCUT2D eigenvalue weighted by Gasteiger charge is -2.35. The van der Waals surface area contributed by atoms with Crippen molar-refractivity contribution in [2.45, 2.75) is 42.4 Å². The molecular formula is C15H20I2. The summed E-state index contributed by atoms with van der Waals surface area (Å²) in [4.78, 5) is 0. The van der Waals surface area contributed by atoms with Crippen molar-refractivity contribution >= 4 is 45.2 Å². The van der Waals surface area contributed by atoms with E-state index in [4.69, 9.17) is 0 Å². The highest BCUT2D eigenvalue weighted by molar-refractivity contribution is 14.1. The zero-order valence-corrected chi connectivity index (χ0v) is 14.5. The van der Waals surface area contributed by atoms with Crippen LogP contribution in [0.2, 0.25) is 0 Å². The van der Waals surface area contributed by atoms with Gasteiger partial charge in [-0.25, -0.2) is 0 Å². The van der Waals surface area contributed by atoms with E-state index in [1.165, 1.54) is 32.1 Å². The van der Waals surface area contributed by atoms with Gasteiger partial charge in [-0.15, -0.1) is 6.58 Å². The Hall–Kier alpha value is 0.680. The van der Waals surface area contributed by atoms with E-state index in [1.54, 1.807) is 16.7 Å². The lowest BCUT2D eigenvalue weighted by molar-refractivity contribution is 0.541. The average Bonchev–Trinajstić information content (AvgIpc) is 2.32. The molecule has 2 aliphatic carbocycles. The van der Waals surface area contributed by atoms with Crippen LogP contribution in [0.5, 0.6) is 0 Å². The molecule has 2 aliphatic rings. The van der Waals surface area contributed by atoms with E-state index >= 15 is 0 Å². The first-order chi connectivity index (χ1) is 8.26. The maximum absolute atomic E-state index is 3.95. The number of allylic oxidation sites excluding steroid dienone is 5. The summed E-state index contributed by atoms with van der Waals surface area (Å²) in [6.45, 7) is 3.95. The molecule has 0 aromatic carbocycles. The Bertz CT molecular complexity index is 352. The van der Waals surface area contributed by atoms with Crippen LogP contribution in [0.1, 0.15) is 38.5 Å². The van der Waals surface area contributed by atoms with Crippen LogP contribution in [0.15, 0.2) is 35.5 Å². The molecule has 0 aliphatic heterocycles. The summed E-state index contributed by atoms with van der Waals surface area (Å²) < 4.78 is 2.03. The van der Waals surface area contributed by atoms with Gasteiger partial charge in [0.05, 0.1) is 0 Å². The van der Waals surface area contributed by atoms with E-state index in [2.05, 4.69) is 63.9 Å². The third kappa shape index (κ3) is 3.37. The lowest BCUT2D eigenvalue weighted by atomic mass is 9.72. The van der Waals surface area contributed by atoms with Crippen molar-refractivity contribution in [2.24, 2.45) is 5.92 Å². The molecule has 94 valence electrons. The molecule has 0 saturated heterocycles. The standard InChI is InChI=1S/C15H20I2/c1-2-3-14-11(8-9-16)4-5-12-10-13(17)6-7-15(12)14/h2,8,13-14H,1,3-7,9-10H2/b11-8-. The summed E-state index contributed by atoms with van der Waals surface area (Å²) in [5.41, 5.74) is 5.25. The van der Waals surface area contributed by atoms with Crippen LogP contribution < -0.4 is 0 Å². The minimum atomic E-state index is 0.704. The predicted octanol–water partition coefficient (Wildman–Crippen LogP) is 5.62. The predicted molar refractivity (Wildman–Crippen MR) is 93.2 cm³/mol. The van der Waals surface area contributed by atoms with E-state index < -0.39 is 0 Å². The molecule has 17 heavy (non-hydrogen) atoms. The van der Waals surface area contributed by atoms with Crippen LogP contribution in [0.3, 0.4) is 0 Å². The summed E-state index contributed by atoms with van der Waals surface area (Å²) in [5.74, 6) is 0.704. The first-order valence-corrected chi connectivity index (χ1v) is 9.24. The van der Waals surface area contributed by atoms with E-state index in [9.17, 15) is 0 Å². The third-order valence-corrected chi connectivity index (χ3v) is 5.48. The number of rotatable bonds is 3. The van der Waals surface area contributed by atoms with Crippen LogP contribution in [-0.4, -0.2) is 8.35 Å². The van der Waals surface area contributed by atoms with Gasteiger partial charge in [0.2, 0.25) is 0 Å². The highest BCUT2D eigenvalue weighted by atomic mass is 127. The van der Waals surface area contributed by atoms with Crippen molar-refractivity contribution < 1.29 is 0 Å². The maximum atomic E-state index is 3.95. The summed E-state index contributed by atoms with van der Waals surface area (Å²) in [5, 5.41) is 0. The molecule has 0 amide bonds. The number of hydrogen-bond donors (Lipinski definition) is 0. The fourth-order valence-corrected chi connectivity index (χ4v) is 4.58. The summed E-state index contributed by atoms with van der Waals surface area (Å²) >= 11 is 5.09. The lowest BCUT2D eigenvalue weighted by Crippen LogP contribution is -2.21. The van der Waals surface area contributed by atoms with Crippen LogP contribution in [0, 0.1) is 5.92 Å². The second kappa shape index (κ2) is 6.73. The quantitative estimate of drug-likeness (QED) is 0.295. The normalized spacial score (nSPS) is 31.5. The molecule has 2 atom stereocenters. The Morgan fingerprint density at radius 2 is 2.12 bits per heavy atom. The van der Waals surface area contributed by atoms with E-state index in [1.807, 2.05) is 0 Å². The highest BCUT2D eigenvalue weighted by Gasteiger charge is 2.29. The largest absolute Gasteiger partial charge is 0.103 e. The molecule has 0 spiro atoms. The van der Waals surface area contributed by atoms with Crippen molar-refractivity contribution in [3.63, 3.8) is 0 Å². The number of hydrogen-bond acceptors (Lipinski definition) is 0. The van der Waals surface area contributed by atoms with Gasteiger partial charge in [-0.2, -0.15) is 0 Å². The second-order valence-corrected chi connectivity index (χ2v) is 7.62. The second-order valence-electron chi connectivity index (χ2n) is 4.98. The summed E-state index contributed by atoms with van der Waals surface area (Å²) in [6, 6.07) is 0. The number of halogens is 2. The van der Waals surface area contributed by atoms with Crippen LogP contribution in [-0.2, 0) is 0 Å². The molecule has 2 heteroatoms. The molecule has 2 unspecified atom stereocenters. The van der Waals surface area contributed by atoms with Gasteiger partial charge >= 0.3 is 0 Å². The van der Waals surface area contributed by atoms with Gasteiger partial charge in [-0.3, -0.25) is 0 Å². The Labute approximate surface area is 132 Å². The monoisotopic (exact) mass is 454 g/mol. The Morgan fingerprint density at radius 1 is 1.29 bits per heavy atom. The molecule has 0 aromatic rings. The fraction of sp³-hybridized carbons (Fsp3) is 0.600. The average molecular weight is 454 g/mol. The molecule has 2 rings (SSSR count). The summed E-state index contributed by atoms with van der Waals surface area (Å²) in [6.07, 6.45) is 12.4. The highest BCUT2D eigenvalue weighted by Crippen LogP contribution is 2.44. The smallest absolute Gasteiger partial charge is 0.0178 e. The van der Waals surface area contributed by atoms with E-state index in [-0.39, 0.29) is 0 Å². The Kier molecular flexibility index (Phi) is 5.58. The van der Waals surface area contributed by atoms with Crippen LogP contribution >= 0.6 is 45.2 Å². The minimum Gasteiger partial charge on any atom is -0.103 e. The molecule has 0 heterocycles. The fourth-order valence-electron chi connectivity index (χ4n) is 3.17. The minimum absolute atomic E-state index is 0.704. The Balaban J connectivity index is 2.26. The SMILES string of the molecule is C=CCC1C2=C(CC/C1=C/CI)CC(I)CC2. The van der Waals surface area contributed by atoms with Gasteiger partial charge < -0.3 is 0 Å². The molecule has 0 fully saturated rings. The van der Waals surface area contributed by atoms with Crippen molar-refractivity contribution in [2.75, 3.05) is 4.43 Å². The number of alkyl halides is 2. The zero-order chi connectivity index (χ0) is 12.3. The maximum Gasteiger partial charge on any atom is 0.0178 e. The Morgan fingerprint density at radius 3 is 2.82 bits per heavy atom. The third-order valence-electron chi connectivity index (χ3n) is 3.97. The van der Waals surface area contributed by atoms with Crippen molar-refractivity contribution in [1.82, 2.24) is 0 Å². The first kappa shape index (κ1) is 14.1. The van der Waals surface area contributed by atoms with Crippen molar-refractivity contribution in [1.29, 1.82) is 0 Å². The molecule has 0 nitrogen and oxygen atoms in total.